The molecule has 3 saturated heterocycles. The summed E-state index contributed by atoms with van der Waals surface area (Å²) in [6.07, 6.45) is 1.55. The first-order valence-corrected chi connectivity index (χ1v) is 12.7. The van der Waals surface area contributed by atoms with Crippen LogP contribution in [0.5, 0.6) is 0 Å². The SMILES string of the molecule is CCOC(=O)[C@@H]1[C@@H]2CC(C)C3(S2)C(C(=O)NC(C)(C)CC(C)(C)C)N([C@H](C)CO)C(=O)[C@H]13. The molecular formula is C24H40N2O5S. The number of fused-ring (bicyclic) bond motifs is 1. The number of carbonyl (C=O) groups is 3. The van der Waals surface area contributed by atoms with Crippen molar-refractivity contribution in [2.75, 3.05) is 13.2 Å². The molecule has 0 radical (unpaired) electrons. The van der Waals surface area contributed by atoms with Crippen LogP contribution in [0.2, 0.25) is 0 Å². The van der Waals surface area contributed by atoms with Crippen LogP contribution >= 0.6 is 11.8 Å². The molecule has 3 heterocycles. The summed E-state index contributed by atoms with van der Waals surface area (Å²) in [6, 6.07) is -1.25. The van der Waals surface area contributed by atoms with Crippen LogP contribution in [0.15, 0.2) is 0 Å². The van der Waals surface area contributed by atoms with Gasteiger partial charge in [-0.25, -0.2) is 0 Å². The van der Waals surface area contributed by atoms with Crippen molar-refractivity contribution in [2.24, 2.45) is 23.2 Å². The van der Waals surface area contributed by atoms with E-state index in [-0.39, 0.29) is 47.6 Å². The summed E-state index contributed by atoms with van der Waals surface area (Å²) in [5.41, 5.74) is -0.448. The molecule has 0 aromatic heterocycles. The Balaban J connectivity index is 2.02. The van der Waals surface area contributed by atoms with E-state index in [0.717, 1.165) is 12.8 Å². The summed E-state index contributed by atoms with van der Waals surface area (Å²) >= 11 is 1.63. The van der Waals surface area contributed by atoms with Crippen LogP contribution < -0.4 is 5.32 Å². The molecule has 0 aromatic carbocycles. The maximum Gasteiger partial charge on any atom is 0.310 e. The number of nitrogens with zero attached hydrogens (tertiary/aromatic N) is 1. The van der Waals surface area contributed by atoms with Crippen LogP contribution in [0, 0.1) is 23.2 Å². The van der Waals surface area contributed by atoms with Crippen molar-refractivity contribution in [3.05, 3.63) is 0 Å². The number of rotatable bonds is 7. The summed E-state index contributed by atoms with van der Waals surface area (Å²) in [7, 11) is 0. The van der Waals surface area contributed by atoms with Gasteiger partial charge in [-0.15, -0.1) is 11.8 Å². The molecule has 0 aromatic rings. The minimum Gasteiger partial charge on any atom is -0.466 e. The molecule has 1 spiro atoms. The van der Waals surface area contributed by atoms with Gasteiger partial charge in [0, 0.05) is 10.8 Å². The standard InChI is InChI=1S/C24H40N2O5S/c1-9-31-21(30)16-15-10-13(2)24(32-15)17(16)20(29)26(14(3)11-27)18(24)19(28)25-23(7,8)12-22(4,5)6/h13-18,27H,9-12H2,1-8H3,(H,25,28)/t13?,14-,15+,16-,17+,18?,24?/m1/s1. The van der Waals surface area contributed by atoms with Crippen molar-refractivity contribution in [2.45, 2.75) is 95.9 Å². The van der Waals surface area contributed by atoms with Crippen LogP contribution in [0.25, 0.3) is 0 Å². The van der Waals surface area contributed by atoms with Gasteiger partial charge in [0.05, 0.1) is 35.8 Å². The Bertz CT molecular complexity index is 779. The summed E-state index contributed by atoms with van der Waals surface area (Å²) in [6.45, 7) is 16.0. The number of thioether (sulfide) groups is 1. The second kappa shape index (κ2) is 8.49. The summed E-state index contributed by atoms with van der Waals surface area (Å²) < 4.78 is 4.66. The fourth-order valence-electron chi connectivity index (χ4n) is 6.60. The maximum absolute atomic E-state index is 13.9. The summed E-state index contributed by atoms with van der Waals surface area (Å²) in [4.78, 5) is 42.1. The lowest BCUT2D eigenvalue weighted by Gasteiger charge is -2.42. The molecule has 3 aliphatic rings. The third kappa shape index (κ3) is 4.06. The van der Waals surface area contributed by atoms with Gasteiger partial charge in [-0.1, -0.05) is 27.7 Å². The van der Waals surface area contributed by atoms with Gasteiger partial charge in [0.15, 0.2) is 0 Å². The molecule has 2 bridgehead atoms. The van der Waals surface area contributed by atoms with Gasteiger partial charge >= 0.3 is 5.97 Å². The Morgan fingerprint density at radius 3 is 2.47 bits per heavy atom. The molecule has 8 heteroatoms. The van der Waals surface area contributed by atoms with E-state index in [2.05, 4.69) is 33.0 Å². The van der Waals surface area contributed by atoms with Gasteiger partial charge < -0.3 is 20.1 Å². The normalized spacial score (nSPS) is 35.1. The topological polar surface area (TPSA) is 95.9 Å². The van der Waals surface area contributed by atoms with E-state index >= 15 is 0 Å². The Morgan fingerprint density at radius 1 is 1.31 bits per heavy atom. The molecule has 3 unspecified atom stereocenters. The molecular weight excluding hydrogens is 428 g/mol. The first-order chi connectivity index (χ1) is 14.7. The van der Waals surface area contributed by atoms with E-state index in [9.17, 15) is 19.5 Å². The highest BCUT2D eigenvalue weighted by atomic mass is 32.2. The lowest BCUT2D eigenvalue weighted by Crippen LogP contribution is -2.61. The largest absolute Gasteiger partial charge is 0.466 e. The zero-order valence-electron chi connectivity index (χ0n) is 20.7. The van der Waals surface area contributed by atoms with Gasteiger partial charge in [0.2, 0.25) is 11.8 Å². The monoisotopic (exact) mass is 468 g/mol. The lowest BCUT2D eigenvalue weighted by molar-refractivity contribution is -0.154. The van der Waals surface area contributed by atoms with Gasteiger partial charge in [0.25, 0.3) is 0 Å². The smallest absolute Gasteiger partial charge is 0.310 e. The van der Waals surface area contributed by atoms with Crippen LogP contribution in [-0.2, 0) is 19.1 Å². The Morgan fingerprint density at radius 2 is 1.94 bits per heavy atom. The second-order valence-electron chi connectivity index (χ2n) is 11.7. The van der Waals surface area contributed by atoms with E-state index in [0.29, 0.717) is 0 Å². The quantitative estimate of drug-likeness (QED) is 0.558. The molecule has 182 valence electrons. The number of aliphatic hydroxyl groups excluding tert-OH is 1. The first kappa shape index (κ1) is 25.3. The molecule has 2 amide bonds. The van der Waals surface area contributed by atoms with E-state index in [1.54, 1.807) is 30.5 Å². The number of aliphatic hydroxyl groups is 1. The van der Waals surface area contributed by atoms with Crippen LogP contribution in [0.3, 0.4) is 0 Å². The first-order valence-electron chi connectivity index (χ1n) is 11.8. The molecule has 2 N–H and O–H groups in total. The van der Waals surface area contributed by atoms with Crippen molar-refractivity contribution in [1.82, 2.24) is 10.2 Å². The van der Waals surface area contributed by atoms with Crippen molar-refractivity contribution in [3.8, 4) is 0 Å². The highest BCUT2D eigenvalue weighted by Crippen LogP contribution is 2.68. The van der Waals surface area contributed by atoms with Crippen LogP contribution in [0.1, 0.15) is 68.2 Å². The molecule has 3 aliphatic heterocycles. The molecule has 32 heavy (non-hydrogen) atoms. The van der Waals surface area contributed by atoms with E-state index in [4.69, 9.17) is 4.74 Å². The summed E-state index contributed by atoms with van der Waals surface area (Å²) in [5, 5.41) is 13.1. The van der Waals surface area contributed by atoms with Crippen molar-refractivity contribution in [3.63, 3.8) is 0 Å². The number of ether oxygens (including phenoxy) is 1. The molecule has 3 rings (SSSR count). The van der Waals surface area contributed by atoms with Gasteiger partial charge in [-0.05, 0) is 51.9 Å². The van der Waals surface area contributed by atoms with E-state index < -0.39 is 34.2 Å². The third-order valence-corrected chi connectivity index (χ3v) is 9.24. The highest BCUT2D eigenvalue weighted by molar-refractivity contribution is 8.02. The van der Waals surface area contributed by atoms with Crippen molar-refractivity contribution in [1.29, 1.82) is 0 Å². The maximum atomic E-state index is 13.9. The third-order valence-electron chi connectivity index (χ3n) is 7.16. The van der Waals surface area contributed by atoms with Gasteiger partial charge in [0.1, 0.15) is 6.04 Å². The van der Waals surface area contributed by atoms with Gasteiger partial charge in [-0.2, -0.15) is 0 Å². The average Bonchev–Trinajstić information content (AvgIpc) is 3.22. The van der Waals surface area contributed by atoms with Gasteiger partial charge in [-0.3, -0.25) is 14.4 Å². The number of esters is 1. The predicted molar refractivity (Wildman–Crippen MR) is 125 cm³/mol. The second-order valence-corrected chi connectivity index (χ2v) is 13.2. The Kier molecular flexibility index (Phi) is 6.73. The molecule has 7 atom stereocenters. The zero-order valence-corrected chi connectivity index (χ0v) is 21.5. The average molecular weight is 469 g/mol. The highest BCUT2D eigenvalue weighted by Gasteiger charge is 2.76. The summed E-state index contributed by atoms with van der Waals surface area (Å²) in [5.74, 6) is -1.80. The molecule has 0 aliphatic carbocycles. The number of hydrogen-bond acceptors (Lipinski definition) is 6. The number of carbonyl (C=O) groups excluding carboxylic acids is 3. The Hall–Kier alpha value is -1.28. The molecule has 7 nitrogen and oxygen atoms in total. The molecule has 3 fully saturated rings. The van der Waals surface area contributed by atoms with Crippen molar-refractivity contribution >= 4 is 29.5 Å². The number of likely N-dealkylation sites (tertiary alicyclic amines) is 1. The van der Waals surface area contributed by atoms with Crippen LogP contribution in [-0.4, -0.2) is 68.6 Å². The minimum atomic E-state index is -0.731. The number of nitrogens with one attached hydrogen (secondary N) is 1. The van der Waals surface area contributed by atoms with Crippen LogP contribution in [0.4, 0.5) is 0 Å². The number of hydrogen-bond donors (Lipinski definition) is 2. The zero-order chi connectivity index (χ0) is 24.2. The minimum absolute atomic E-state index is 0.0179. The predicted octanol–water partition coefficient (Wildman–Crippen LogP) is 2.60. The lowest BCUT2D eigenvalue weighted by atomic mass is 9.66. The van der Waals surface area contributed by atoms with Crippen molar-refractivity contribution < 1.29 is 24.2 Å². The molecule has 0 saturated carbocycles. The van der Waals surface area contributed by atoms with E-state index in [1.807, 2.05) is 13.8 Å². The number of amides is 2. The Labute approximate surface area is 196 Å². The fourth-order valence-corrected chi connectivity index (χ4v) is 9.00. The fraction of sp³-hybridized carbons (Fsp3) is 0.875. The van der Waals surface area contributed by atoms with E-state index in [1.165, 1.54) is 0 Å².